The monoisotopic (exact) mass is 262 g/mol. The summed E-state index contributed by atoms with van der Waals surface area (Å²) < 4.78 is 0. The molecular formula is C15H22N2O2. The van der Waals surface area contributed by atoms with Crippen molar-refractivity contribution in [1.82, 2.24) is 4.90 Å². The molecule has 19 heavy (non-hydrogen) atoms. The molecule has 4 nitrogen and oxygen atoms in total. The minimum atomic E-state index is -1.02. The van der Waals surface area contributed by atoms with Crippen molar-refractivity contribution in [2.24, 2.45) is 5.73 Å². The molecule has 104 valence electrons. The Hall–Kier alpha value is -1.39. The van der Waals surface area contributed by atoms with Gasteiger partial charge < -0.3 is 15.7 Å². The van der Waals surface area contributed by atoms with Gasteiger partial charge >= 0.3 is 5.97 Å². The fraction of sp³-hybridized carbons (Fsp3) is 0.533. The predicted molar refractivity (Wildman–Crippen MR) is 75.0 cm³/mol. The van der Waals surface area contributed by atoms with E-state index < -0.39 is 11.5 Å². The number of benzene rings is 1. The topological polar surface area (TPSA) is 66.6 Å². The molecule has 0 spiro atoms. The van der Waals surface area contributed by atoms with Gasteiger partial charge in [0, 0.05) is 12.6 Å². The van der Waals surface area contributed by atoms with Crippen LogP contribution in [0.3, 0.4) is 0 Å². The van der Waals surface area contributed by atoms with Gasteiger partial charge in [0.15, 0.2) is 0 Å². The van der Waals surface area contributed by atoms with Gasteiger partial charge in [-0.1, -0.05) is 30.3 Å². The van der Waals surface area contributed by atoms with Crippen LogP contribution in [-0.4, -0.2) is 41.1 Å². The molecule has 4 heteroatoms. The molecule has 2 unspecified atom stereocenters. The Kier molecular flexibility index (Phi) is 4.22. The van der Waals surface area contributed by atoms with Crippen LogP contribution in [0.1, 0.15) is 24.8 Å². The first-order valence-corrected chi connectivity index (χ1v) is 6.78. The molecule has 0 bridgehead atoms. The third-order valence-corrected chi connectivity index (χ3v) is 4.17. The summed E-state index contributed by atoms with van der Waals surface area (Å²) >= 11 is 0. The van der Waals surface area contributed by atoms with Crippen LogP contribution in [-0.2, 0) is 11.2 Å². The molecule has 1 saturated carbocycles. The minimum Gasteiger partial charge on any atom is -0.480 e. The number of carboxylic acid groups (broad SMARTS) is 1. The van der Waals surface area contributed by atoms with Gasteiger partial charge in [-0.15, -0.1) is 0 Å². The number of likely N-dealkylation sites (N-methyl/N-ethyl adjacent to an activating group) is 1. The molecule has 0 aliphatic heterocycles. The van der Waals surface area contributed by atoms with Crippen molar-refractivity contribution in [2.45, 2.75) is 37.3 Å². The van der Waals surface area contributed by atoms with E-state index in [-0.39, 0.29) is 6.04 Å². The van der Waals surface area contributed by atoms with E-state index in [0.29, 0.717) is 12.8 Å². The first-order chi connectivity index (χ1) is 9.01. The number of carboxylic acids is 1. The highest BCUT2D eigenvalue weighted by atomic mass is 16.4. The summed E-state index contributed by atoms with van der Waals surface area (Å²) in [7, 11) is 2.06. The lowest BCUT2D eigenvalue weighted by molar-refractivity contribution is -0.143. The Morgan fingerprint density at radius 3 is 2.74 bits per heavy atom. The fourth-order valence-electron chi connectivity index (χ4n) is 2.75. The van der Waals surface area contributed by atoms with Gasteiger partial charge in [0.25, 0.3) is 0 Å². The third kappa shape index (κ3) is 3.33. The number of carbonyl (C=O) groups is 1. The molecule has 1 aromatic carbocycles. The molecule has 0 radical (unpaired) electrons. The molecule has 1 aliphatic carbocycles. The van der Waals surface area contributed by atoms with Gasteiger partial charge in [0.2, 0.25) is 0 Å². The molecule has 0 saturated heterocycles. The summed E-state index contributed by atoms with van der Waals surface area (Å²) in [6.45, 7) is 0.935. The van der Waals surface area contributed by atoms with Crippen LogP contribution >= 0.6 is 0 Å². The molecule has 0 aromatic heterocycles. The van der Waals surface area contributed by atoms with E-state index in [1.54, 1.807) is 0 Å². The molecule has 0 amide bonds. The average Bonchev–Trinajstić information content (AvgIpc) is 2.81. The maximum atomic E-state index is 11.1. The highest BCUT2D eigenvalue weighted by Gasteiger charge is 2.43. The minimum absolute atomic E-state index is 0.282. The summed E-state index contributed by atoms with van der Waals surface area (Å²) in [5, 5.41) is 9.14. The van der Waals surface area contributed by atoms with Crippen molar-refractivity contribution in [2.75, 3.05) is 13.6 Å². The number of rotatable bonds is 5. The highest BCUT2D eigenvalue weighted by molar-refractivity contribution is 5.79. The van der Waals surface area contributed by atoms with Crippen LogP contribution in [0.4, 0.5) is 0 Å². The second-order valence-corrected chi connectivity index (χ2v) is 5.57. The smallest absolute Gasteiger partial charge is 0.323 e. The third-order valence-electron chi connectivity index (χ3n) is 4.17. The van der Waals surface area contributed by atoms with Crippen molar-refractivity contribution in [3.05, 3.63) is 35.9 Å². The normalized spacial score (nSPS) is 26.8. The molecule has 2 rings (SSSR count). The van der Waals surface area contributed by atoms with Crippen LogP contribution in [0.5, 0.6) is 0 Å². The van der Waals surface area contributed by atoms with E-state index in [9.17, 15) is 4.79 Å². The van der Waals surface area contributed by atoms with Crippen molar-refractivity contribution in [3.8, 4) is 0 Å². The van der Waals surface area contributed by atoms with Crippen molar-refractivity contribution >= 4 is 5.97 Å². The number of nitrogens with two attached hydrogens (primary N) is 1. The lowest BCUT2D eigenvalue weighted by Gasteiger charge is -2.25. The van der Waals surface area contributed by atoms with Crippen molar-refractivity contribution in [1.29, 1.82) is 0 Å². The van der Waals surface area contributed by atoms with E-state index >= 15 is 0 Å². The molecular weight excluding hydrogens is 240 g/mol. The Bertz CT molecular complexity index is 435. The van der Waals surface area contributed by atoms with E-state index in [0.717, 1.165) is 19.4 Å². The Morgan fingerprint density at radius 2 is 2.16 bits per heavy atom. The summed E-state index contributed by atoms with van der Waals surface area (Å²) in [5.41, 5.74) is 6.20. The second kappa shape index (κ2) is 5.72. The first-order valence-electron chi connectivity index (χ1n) is 6.78. The molecule has 0 heterocycles. The van der Waals surface area contributed by atoms with Gasteiger partial charge in [0.05, 0.1) is 0 Å². The summed E-state index contributed by atoms with van der Waals surface area (Å²) in [6.07, 6.45) is 2.98. The molecule has 1 aromatic rings. The Balaban J connectivity index is 1.85. The van der Waals surface area contributed by atoms with Gasteiger partial charge in [-0.25, -0.2) is 0 Å². The lowest BCUT2D eigenvalue weighted by atomic mass is 9.99. The number of nitrogens with zero attached hydrogens (tertiary/aromatic N) is 1. The summed E-state index contributed by atoms with van der Waals surface area (Å²) in [4.78, 5) is 13.4. The van der Waals surface area contributed by atoms with E-state index in [1.807, 2.05) is 18.2 Å². The van der Waals surface area contributed by atoms with Crippen LogP contribution < -0.4 is 5.73 Å². The maximum absolute atomic E-state index is 11.1. The van der Waals surface area contributed by atoms with Crippen LogP contribution in [0, 0.1) is 0 Å². The zero-order chi connectivity index (χ0) is 13.9. The fourth-order valence-corrected chi connectivity index (χ4v) is 2.75. The molecule has 1 aliphatic rings. The van der Waals surface area contributed by atoms with Gasteiger partial charge in [0.1, 0.15) is 5.54 Å². The zero-order valence-corrected chi connectivity index (χ0v) is 11.4. The van der Waals surface area contributed by atoms with Gasteiger partial charge in [-0.2, -0.15) is 0 Å². The predicted octanol–water partition coefficient (Wildman–Crippen LogP) is 1.50. The Morgan fingerprint density at radius 1 is 1.47 bits per heavy atom. The maximum Gasteiger partial charge on any atom is 0.323 e. The lowest BCUT2D eigenvalue weighted by Crippen LogP contribution is -2.47. The standard InChI is InChI=1S/C15H22N2O2/c1-17(10-8-12-5-3-2-4-6-12)13-7-9-15(16,11-13)14(18)19/h2-6,13H,7-11,16H2,1H3,(H,18,19). The van der Waals surface area contributed by atoms with Gasteiger partial charge in [-0.05, 0) is 38.3 Å². The Labute approximate surface area is 114 Å². The van der Waals surface area contributed by atoms with Crippen molar-refractivity contribution in [3.63, 3.8) is 0 Å². The van der Waals surface area contributed by atoms with E-state index in [4.69, 9.17) is 10.8 Å². The SMILES string of the molecule is CN(CCc1ccccc1)C1CCC(N)(C(=O)O)C1. The van der Waals surface area contributed by atoms with Crippen LogP contribution in [0.2, 0.25) is 0 Å². The molecule has 3 N–H and O–H groups in total. The summed E-state index contributed by atoms with van der Waals surface area (Å²) in [6, 6.07) is 10.6. The number of hydrogen-bond donors (Lipinski definition) is 2. The highest BCUT2D eigenvalue weighted by Crippen LogP contribution is 2.30. The summed E-state index contributed by atoms with van der Waals surface area (Å²) in [5.74, 6) is -0.869. The van der Waals surface area contributed by atoms with Gasteiger partial charge in [-0.3, -0.25) is 4.79 Å². The molecule has 1 fully saturated rings. The van der Waals surface area contributed by atoms with Crippen molar-refractivity contribution < 1.29 is 9.90 Å². The quantitative estimate of drug-likeness (QED) is 0.844. The number of hydrogen-bond acceptors (Lipinski definition) is 3. The van der Waals surface area contributed by atoms with E-state index in [2.05, 4.69) is 24.1 Å². The zero-order valence-electron chi connectivity index (χ0n) is 11.4. The largest absolute Gasteiger partial charge is 0.480 e. The van der Waals surface area contributed by atoms with Crippen LogP contribution in [0.15, 0.2) is 30.3 Å². The number of aliphatic carboxylic acids is 1. The van der Waals surface area contributed by atoms with Crippen LogP contribution in [0.25, 0.3) is 0 Å². The average molecular weight is 262 g/mol. The molecule has 2 atom stereocenters. The van der Waals surface area contributed by atoms with E-state index in [1.165, 1.54) is 5.56 Å². The second-order valence-electron chi connectivity index (χ2n) is 5.57. The first kappa shape index (κ1) is 14.0.